The fourth-order valence-corrected chi connectivity index (χ4v) is 4.33. The highest BCUT2D eigenvalue weighted by Gasteiger charge is 2.21. The Morgan fingerprint density at radius 3 is 2.92 bits per heavy atom. The molecule has 1 fully saturated rings. The van der Waals surface area contributed by atoms with Gasteiger partial charge in [-0.05, 0) is 43.4 Å². The number of rotatable bonds is 3. The monoisotopic (exact) mass is 358 g/mol. The molecular weight excluding hydrogens is 336 g/mol. The summed E-state index contributed by atoms with van der Waals surface area (Å²) < 4.78 is 10.9. The van der Waals surface area contributed by atoms with Gasteiger partial charge in [0.1, 0.15) is 5.03 Å². The zero-order chi connectivity index (χ0) is 17.4. The van der Waals surface area contributed by atoms with Gasteiger partial charge in [-0.15, -0.1) is 0 Å². The van der Waals surface area contributed by atoms with Crippen LogP contribution < -0.4 is 9.47 Å². The van der Waals surface area contributed by atoms with Crippen LogP contribution in [0.5, 0.6) is 11.5 Å². The number of likely N-dealkylation sites (tertiary alicyclic amines) is 1. The lowest BCUT2D eigenvalue weighted by Gasteiger charge is -2.30. The first-order valence-electron chi connectivity index (χ1n) is 8.72. The number of benzene rings is 1. The van der Waals surface area contributed by atoms with E-state index in [2.05, 4.69) is 13.0 Å². The largest absolute Gasteiger partial charge is 0.454 e. The molecule has 1 saturated heterocycles. The standard InChI is InChI=1S/C19H22N2O3S/c1-12-4-3-5-21(9-12)18(22)10-25-19-13(2)6-14-7-16-17(24-11-23-16)8-15(14)20-19/h6-8,12H,3-5,9-11H2,1-2H3/t12-/m1/s1. The van der Waals surface area contributed by atoms with Gasteiger partial charge >= 0.3 is 0 Å². The van der Waals surface area contributed by atoms with Gasteiger partial charge in [-0.3, -0.25) is 4.79 Å². The van der Waals surface area contributed by atoms with Gasteiger partial charge in [0.2, 0.25) is 12.7 Å². The Balaban J connectivity index is 1.50. The number of carbonyl (C=O) groups is 1. The minimum atomic E-state index is 0.212. The summed E-state index contributed by atoms with van der Waals surface area (Å²) in [5.74, 6) is 2.76. The minimum Gasteiger partial charge on any atom is -0.454 e. The third kappa shape index (κ3) is 3.40. The third-order valence-electron chi connectivity index (χ3n) is 4.80. The second kappa shape index (κ2) is 6.75. The number of hydrogen-bond donors (Lipinski definition) is 0. The number of aromatic nitrogens is 1. The normalized spacial score (nSPS) is 19.4. The van der Waals surface area contributed by atoms with E-state index in [9.17, 15) is 4.79 Å². The average molecular weight is 358 g/mol. The van der Waals surface area contributed by atoms with E-state index in [4.69, 9.17) is 14.5 Å². The maximum absolute atomic E-state index is 12.5. The topological polar surface area (TPSA) is 51.7 Å². The summed E-state index contributed by atoms with van der Waals surface area (Å²) in [6, 6.07) is 5.97. The van der Waals surface area contributed by atoms with Gasteiger partial charge in [0.05, 0.1) is 11.3 Å². The van der Waals surface area contributed by atoms with Crippen molar-refractivity contribution in [1.82, 2.24) is 9.88 Å². The van der Waals surface area contributed by atoms with Crippen LogP contribution in [0.25, 0.3) is 10.9 Å². The van der Waals surface area contributed by atoms with Gasteiger partial charge < -0.3 is 14.4 Å². The molecule has 5 nitrogen and oxygen atoms in total. The van der Waals surface area contributed by atoms with Gasteiger partial charge in [-0.2, -0.15) is 0 Å². The fraction of sp³-hybridized carbons (Fsp3) is 0.474. The first-order valence-corrected chi connectivity index (χ1v) is 9.70. The smallest absolute Gasteiger partial charge is 0.232 e. The molecule has 0 N–H and O–H groups in total. The number of hydrogen-bond acceptors (Lipinski definition) is 5. The molecule has 0 bridgehead atoms. The molecule has 3 heterocycles. The highest BCUT2D eigenvalue weighted by molar-refractivity contribution is 7.99. The van der Waals surface area contributed by atoms with Crippen LogP contribution in [0.15, 0.2) is 23.2 Å². The second-order valence-electron chi connectivity index (χ2n) is 6.88. The van der Waals surface area contributed by atoms with Crippen molar-refractivity contribution in [3.63, 3.8) is 0 Å². The predicted octanol–water partition coefficient (Wildman–Crippen LogP) is 3.62. The summed E-state index contributed by atoms with van der Waals surface area (Å²) >= 11 is 1.52. The Bertz CT molecular complexity index is 824. The average Bonchev–Trinajstić information content (AvgIpc) is 3.05. The van der Waals surface area contributed by atoms with Gasteiger partial charge in [0.25, 0.3) is 0 Å². The first kappa shape index (κ1) is 16.5. The Labute approximate surface area is 151 Å². The summed E-state index contributed by atoms with van der Waals surface area (Å²) in [5.41, 5.74) is 1.95. The van der Waals surface area contributed by atoms with Crippen LogP contribution in [0.3, 0.4) is 0 Å². The molecule has 0 saturated carbocycles. The van der Waals surface area contributed by atoms with Crippen LogP contribution in [-0.2, 0) is 4.79 Å². The molecule has 6 heteroatoms. The molecule has 1 atom stereocenters. The van der Waals surface area contributed by atoms with Crippen LogP contribution in [0.1, 0.15) is 25.3 Å². The molecule has 0 radical (unpaired) electrons. The molecule has 25 heavy (non-hydrogen) atoms. The molecular formula is C19H22N2O3S. The van der Waals surface area contributed by atoms with Crippen LogP contribution >= 0.6 is 11.8 Å². The van der Waals surface area contributed by atoms with E-state index in [-0.39, 0.29) is 12.7 Å². The number of ether oxygens (including phenoxy) is 2. The van der Waals surface area contributed by atoms with Crippen molar-refractivity contribution in [2.75, 3.05) is 25.6 Å². The number of aryl methyl sites for hydroxylation is 1. The lowest BCUT2D eigenvalue weighted by atomic mass is 10.0. The maximum Gasteiger partial charge on any atom is 0.232 e. The number of fused-ring (bicyclic) bond motifs is 2. The van der Waals surface area contributed by atoms with E-state index in [1.807, 2.05) is 24.0 Å². The fourth-order valence-electron chi connectivity index (χ4n) is 3.44. The maximum atomic E-state index is 12.5. The van der Waals surface area contributed by atoms with Crippen molar-refractivity contribution in [3.05, 3.63) is 23.8 Å². The molecule has 1 aromatic carbocycles. The van der Waals surface area contributed by atoms with Crippen molar-refractivity contribution < 1.29 is 14.3 Å². The van der Waals surface area contributed by atoms with E-state index in [0.717, 1.165) is 52.5 Å². The van der Waals surface area contributed by atoms with Gasteiger partial charge in [-0.25, -0.2) is 4.98 Å². The number of pyridine rings is 1. The first-order chi connectivity index (χ1) is 12.1. The molecule has 0 unspecified atom stereocenters. The number of thioether (sulfide) groups is 1. The zero-order valence-corrected chi connectivity index (χ0v) is 15.4. The summed E-state index contributed by atoms with van der Waals surface area (Å²) in [7, 11) is 0. The highest BCUT2D eigenvalue weighted by atomic mass is 32.2. The quantitative estimate of drug-likeness (QED) is 0.785. The van der Waals surface area contributed by atoms with Crippen molar-refractivity contribution in [3.8, 4) is 11.5 Å². The molecule has 2 aromatic rings. The Morgan fingerprint density at radius 2 is 2.12 bits per heavy atom. The SMILES string of the molecule is Cc1cc2cc3c(cc2nc1SCC(=O)N1CCC[C@@H](C)C1)OCO3. The lowest BCUT2D eigenvalue weighted by molar-refractivity contribution is -0.130. The molecule has 0 spiro atoms. The number of piperidine rings is 1. The summed E-state index contributed by atoms with van der Waals surface area (Å²) in [5, 5.41) is 1.94. The Hall–Kier alpha value is -1.95. The number of amides is 1. The van der Waals surface area contributed by atoms with E-state index >= 15 is 0 Å². The molecule has 2 aliphatic rings. The van der Waals surface area contributed by atoms with Gasteiger partial charge in [0, 0.05) is 24.5 Å². The minimum absolute atomic E-state index is 0.212. The molecule has 0 aliphatic carbocycles. The van der Waals surface area contributed by atoms with Gasteiger partial charge in [0.15, 0.2) is 11.5 Å². The van der Waals surface area contributed by atoms with Crippen LogP contribution in [-0.4, -0.2) is 41.4 Å². The summed E-state index contributed by atoms with van der Waals surface area (Å²) in [4.78, 5) is 19.2. The van der Waals surface area contributed by atoms with Crippen LogP contribution in [0, 0.1) is 12.8 Å². The van der Waals surface area contributed by atoms with Crippen molar-refractivity contribution >= 4 is 28.6 Å². The summed E-state index contributed by atoms with van der Waals surface area (Å²) in [6.45, 7) is 6.28. The van der Waals surface area contributed by atoms with E-state index in [1.54, 1.807) is 0 Å². The Morgan fingerprint density at radius 1 is 1.32 bits per heavy atom. The number of nitrogens with zero attached hydrogens (tertiary/aromatic N) is 2. The zero-order valence-electron chi connectivity index (χ0n) is 14.6. The Kier molecular flexibility index (Phi) is 4.46. The molecule has 2 aliphatic heterocycles. The van der Waals surface area contributed by atoms with Crippen LogP contribution in [0.4, 0.5) is 0 Å². The highest BCUT2D eigenvalue weighted by Crippen LogP contribution is 2.37. The molecule has 4 rings (SSSR count). The lowest BCUT2D eigenvalue weighted by Crippen LogP contribution is -2.40. The summed E-state index contributed by atoms with van der Waals surface area (Å²) in [6.07, 6.45) is 2.33. The van der Waals surface area contributed by atoms with E-state index < -0.39 is 0 Å². The predicted molar refractivity (Wildman–Crippen MR) is 98.3 cm³/mol. The van der Waals surface area contributed by atoms with Crippen LogP contribution in [0.2, 0.25) is 0 Å². The molecule has 1 aromatic heterocycles. The van der Waals surface area contributed by atoms with E-state index in [0.29, 0.717) is 11.7 Å². The second-order valence-corrected chi connectivity index (χ2v) is 7.85. The third-order valence-corrected chi connectivity index (χ3v) is 5.87. The van der Waals surface area contributed by atoms with Crippen molar-refractivity contribution in [2.24, 2.45) is 5.92 Å². The molecule has 1 amide bonds. The van der Waals surface area contributed by atoms with Gasteiger partial charge in [-0.1, -0.05) is 18.7 Å². The molecule has 132 valence electrons. The van der Waals surface area contributed by atoms with E-state index in [1.165, 1.54) is 18.2 Å². The number of carbonyl (C=O) groups excluding carboxylic acids is 1. The van der Waals surface area contributed by atoms with Crippen molar-refractivity contribution in [1.29, 1.82) is 0 Å². The van der Waals surface area contributed by atoms with Crippen molar-refractivity contribution in [2.45, 2.75) is 31.7 Å².